The summed E-state index contributed by atoms with van der Waals surface area (Å²) in [6.45, 7) is 5.41. The van der Waals surface area contributed by atoms with Crippen molar-refractivity contribution in [3.05, 3.63) is 0 Å². The van der Waals surface area contributed by atoms with Crippen molar-refractivity contribution in [2.24, 2.45) is 17.8 Å². The Morgan fingerprint density at radius 3 is 2.76 bits per heavy atom. The molecule has 3 unspecified atom stereocenters. The molecule has 0 amide bonds. The molecule has 2 rings (SSSR count). The maximum Gasteiger partial charge on any atom is 0.0897 e. The first-order valence-electron chi connectivity index (χ1n) is 7.22. The fraction of sp³-hybridized carbons (Fsp3) is 1.00. The summed E-state index contributed by atoms with van der Waals surface area (Å²) < 4.78 is 5.47. The molecular weight excluding hydrogens is 214 g/mol. The molecule has 0 bridgehead atoms. The van der Waals surface area contributed by atoms with Gasteiger partial charge in [-0.05, 0) is 43.6 Å². The average molecular weight is 241 g/mol. The van der Waals surface area contributed by atoms with Crippen LogP contribution in [0.2, 0.25) is 0 Å². The number of ether oxygens (including phenoxy) is 1. The molecule has 0 aliphatic heterocycles. The molecule has 0 aromatic heterocycles. The van der Waals surface area contributed by atoms with Crippen molar-refractivity contribution in [3.8, 4) is 0 Å². The van der Waals surface area contributed by atoms with Gasteiger partial charge in [-0.3, -0.25) is 0 Å². The lowest BCUT2D eigenvalue weighted by Gasteiger charge is -2.18. The van der Waals surface area contributed by atoms with Crippen molar-refractivity contribution >= 4 is 0 Å². The number of rotatable bonds is 8. The summed E-state index contributed by atoms with van der Waals surface area (Å²) in [5, 5.41) is 13.1. The van der Waals surface area contributed by atoms with Gasteiger partial charge in [-0.25, -0.2) is 0 Å². The Balaban J connectivity index is 1.45. The van der Waals surface area contributed by atoms with E-state index < -0.39 is 0 Å². The second-order valence-corrected chi connectivity index (χ2v) is 5.96. The number of hydrogen-bond acceptors (Lipinski definition) is 3. The highest BCUT2D eigenvalue weighted by atomic mass is 16.5. The minimum Gasteiger partial charge on any atom is -0.389 e. The highest BCUT2D eigenvalue weighted by Crippen LogP contribution is 2.30. The minimum atomic E-state index is -0.342. The van der Waals surface area contributed by atoms with E-state index >= 15 is 0 Å². The van der Waals surface area contributed by atoms with Gasteiger partial charge in [0.05, 0.1) is 12.7 Å². The monoisotopic (exact) mass is 241 g/mol. The van der Waals surface area contributed by atoms with Gasteiger partial charge in [0.1, 0.15) is 0 Å². The molecule has 2 N–H and O–H groups in total. The normalized spacial score (nSPS) is 30.7. The zero-order chi connectivity index (χ0) is 12.1. The maximum absolute atomic E-state index is 9.73. The van der Waals surface area contributed by atoms with Gasteiger partial charge in [0.2, 0.25) is 0 Å². The van der Waals surface area contributed by atoms with E-state index in [1.165, 1.54) is 32.1 Å². The quantitative estimate of drug-likeness (QED) is 0.681. The van der Waals surface area contributed by atoms with Gasteiger partial charge in [0, 0.05) is 13.2 Å². The third-order valence-electron chi connectivity index (χ3n) is 4.19. The average Bonchev–Trinajstić information content (AvgIpc) is 3.03. The lowest BCUT2D eigenvalue weighted by atomic mass is 9.98. The highest BCUT2D eigenvalue weighted by molar-refractivity contribution is 4.76. The van der Waals surface area contributed by atoms with Crippen molar-refractivity contribution in [3.63, 3.8) is 0 Å². The molecule has 3 nitrogen and oxygen atoms in total. The molecule has 0 spiro atoms. The molecular formula is C14H27NO2. The van der Waals surface area contributed by atoms with Crippen LogP contribution in [0.5, 0.6) is 0 Å². The van der Waals surface area contributed by atoms with Crippen LogP contribution >= 0.6 is 0 Å². The molecule has 0 saturated heterocycles. The minimum absolute atomic E-state index is 0.342. The highest BCUT2D eigenvalue weighted by Gasteiger charge is 2.23. The summed E-state index contributed by atoms with van der Waals surface area (Å²) in [6, 6.07) is 0. The van der Waals surface area contributed by atoms with Crippen LogP contribution in [-0.4, -0.2) is 37.5 Å². The lowest BCUT2D eigenvalue weighted by Crippen LogP contribution is -2.34. The van der Waals surface area contributed by atoms with E-state index in [2.05, 4.69) is 12.2 Å². The van der Waals surface area contributed by atoms with Gasteiger partial charge in [-0.1, -0.05) is 19.8 Å². The van der Waals surface area contributed by atoms with Crippen molar-refractivity contribution < 1.29 is 9.84 Å². The molecule has 0 aromatic carbocycles. The standard InChI is InChI=1S/C14H27NO2/c1-11-3-2-4-13(11)7-15-8-14(16)10-17-9-12-5-6-12/h11-16H,2-10H2,1H3. The molecule has 0 radical (unpaired) electrons. The largest absolute Gasteiger partial charge is 0.389 e. The van der Waals surface area contributed by atoms with Gasteiger partial charge in [-0.2, -0.15) is 0 Å². The second kappa shape index (κ2) is 6.72. The van der Waals surface area contributed by atoms with Crippen LogP contribution in [0.3, 0.4) is 0 Å². The third kappa shape index (κ3) is 4.94. The molecule has 0 aromatic rings. The van der Waals surface area contributed by atoms with Crippen molar-refractivity contribution in [2.45, 2.75) is 45.1 Å². The van der Waals surface area contributed by atoms with Crippen molar-refractivity contribution in [2.75, 3.05) is 26.3 Å². The predicted octanol–water partition coefficient (Wildman–Crippen LogP) is 1.80. The Morgan fingerprint density at radius 2 is 2.12 bits per heavy atom. The third-order valence-corrected chi connectivity index (χ3v) is 4.19. The summed E-state index contributed by atoms with van der Waals surface area (Å²) in [6.07, 6.45) is 6.38. The fourth-order valence-corrected chi connectivity index (χ4v) is 2.68. The van der Waals surface area contributed by atoms with Gasteiger partial charge in [-0.15, -0.1) is 0 Å². The molecule has 17 heavy (non-hydrogen) atoms. The fourth-order valence-electron chi connectivity index (χ4n) is 2.68. The molecule has 3 heteroatoms. The zero-order valence-corrected chi connectivity index (χ0v) is 11.0. The smallest absolute Gasteiger partial charge is 0.0897 e. The van der Waals surface area contributed by atoms with Crippen LogP contribution < -0.4 is 5.32 Å². The van der Waals surface area contributed by atoms with Crippen LogP contribution in [0.15, 0.2) is 0 Å². The molecule has 2 fully saturated rings. The Hall–Kier alpha value is -0.120. The van der Waals surface area contributed by atoms with Crippen LogP contribution in [0.25, 0.3) is 0 Å². The second-order valence-electron chi connectivity index (χ2n) is 5.96. The van der Waals surface area contributed by atoms with Crippen molar-refractivity contribution in [1.29, 1.82) is 0 Å². The molecule has 2 aliphatic carbocycles. The summed E-state index contributed by atoms with van der Waals surface area (Å²) >= 11 is 0. The zero-order valence-electron chi connectivity index (χ0n) is 11.0. The summed E-state index contributed by atoms with van der Waals surface area (Å²) in [5.41, 5.74) is 0. The number of hydrogen-bond donors (Lipinski definition) is 2. The Kier molecular flexibility index (Phi) is 5.26. The van der Waals surface area contributed by atoms with Gasteiger partial charge in [0.25, 0.3) is 0 Å². The first-order chi connectivity index (χ1) is 8.25. The lowest BCUT2D eigenvalue weighted by molar-refractivity contribution is 0.0320. The van der Waals surface area contributed by atoms with Crippen molar-refractivity contribution in [1.82, 2.24) is 5.32 Å². The van der Waals surface area contributed by atoms with E-state index in [9.17, 15) is 5.11 Å². The van der Waals surface area contributed by atoms with Gasteiger partial charge >= 0.3 is 0 Å². The van der Waals surface area contributed by atoms with E-state index in [0.29, 0.717) is 13.2 Å². The first kappa shape index (κ1) is 13.3. The number of nitrogens with one attached hydrogen (secondary N) is 1. The summed E-state index contributed by atoms with van der Waals surface area (Å²) in [4.78, 5) is 0. The van der Waals surface area contributed by atoms with E-state index in [1.54, 1.807) is 0 Å². The first-order valence-corrected chi connectivity index (χ1v) is 7.22. The van der Waals surface area contributed by atoms with E-state index in [4.69, 9.17) is 4.74 Å². The molecule has 0 heterocycles. The maximum atomic E-state index is 9.73. The predicted molar refractivity (Wildman–Crippen MR) is 68.9 cm³/mol. The SMILES string of the molecule is CC1CCCC1CNCC(O)COCC1CC1. The van der Waals surface area contributed by atoms with E-state index in [1.807, 2.05) is 0 Å². The summed E-state index contributed by atoms with van der Waals surface area (Å²) in [5.74, 6) is 2.45. The van der Waals surface area contributed by atoms with Gasteiger partial charge < -0.3 is 15.2 Å². The number of aliphatic hydroxyl groups is 1. The number of aliphatic hydroxyl groups excluding tert-OH is 1. The van der Waals surface area contributed by atoms with E-state index in [0.717, 1.165) is 30.9 Å². The summed E-state index contributed by atoms with van der Waals surface area (Å²) in [7, 11) is 0. The van der Waals surface area contributed by atoms with E-state index in [-0.39, 0.29) is 6.10 Å². The topological polar surface area (TPSA) is 41.5 Å². The van der Waals surface area contributed by atoms with Crippen LogP contribution in [0, 0.1) is 17.8 Å². The van der Waals surface area contributed by atoms with Crippen LogP contribution in [0.4, 0.5) is 0 Å². The molecule has 100 valence electrons. The van der Waals surface area contributed by atoms with Crippen LogP contribution in [-0.2, 0) is 4.74 Å². The Labute approximate surface area is 105 Å². The Bertz CT molecular complexity index is 218. The van der Waals surface area contributed by atoms with Crippen LogP contribution in [0.1, 0.15) is 39.0 Å². The molecule has 2 saturated carbocycles. The van der Waals surface area contributed by atoms with Gasteiger partial charge in [0.15, 0.2) is 0 Å². The molecule has 2 aliphatic rings. The Morgan fingerprint density at radius 1 is 1.29 bits per heavy atom. The molecule has 3 atom stereocenters.